The third-order valence-electron chi connectivity index (χ3n) is 4.15. The highest BCUT2D eigenvalue weighted by Gasteiger charge is 2.30. The SMILES string of the molecule is S=C1NC2=C(CCc3ccccc32)C(c2cccnc2)N1. The van der Waals surface area contributed by atoms with Crippen LogP contribution in [0.15, 0.2) is 54.4 Å². The lowest BCUT2D eigenvalue weighted by molar-refractivity contribution is 0.665. The molecule has 0 saturated heterocycles. The normalized spacial score (nSPS) is 20.2. The maximum atomic E-state index is 5.40. The summed E-state index contributed by atoms with van der Waals surface area (Å²) in [7, 11) is 0. The maximum absolute atomic E-state index is 5.40. The highest BCUT2D eigenvalue weighted by molar-refractivity contribution is 7.80. The Morgan fingerprint density at radius 2 is 2.00 bits per heavy atom. The van der Waals surface area contributed by atoms with Gasteiger partial charge in [0.2, 0.25) is 0 Å². The summed E-state index contributed by atoms with van der Waals surface area (Å²) in [5.74, 6) is 0. The number of thiocarbonyl (C=S) groups is 1. The molecule has 2 aromatic rings. The van der Waals surface area contributed by atoms with E-state index in [-0.39, 0.29) is 6.04 Å². The van der Waals surface area contributed by atoms with Gasteiger partial charge < -0.3 is 10.6 Å². The molecule has 1 aliphatic heterocycles. The van der Waals surface area contributed by atoms with Crippen LogP contribution < -0.4 is 10.6 Å². The largest absolute Gasteiger partial charge is 0.352 e. The Morgan fingerprint density at radius 1 is 1.10 bits per heavy atom. The molecule has 4 heteroatoms. The minimum atomic E-state index is 0.121. The summed E-state index contributed by atoms with van der Waals surface area (Å²) in [5.41, 5.74) is 6.37. The van der Waals surface area contributed by atoms with Gasteiger partial charge in [0.15, 0.2) is 5.11 Å². The van der Waals surface area contributed by atoms with E-state index in [1.54, 1.807) is 6.20 Å². The molecule has 2 N–H and O–H groups in total. The predicted octanol–water partition coefficient (Wildman–Crippen LogP) is 2.96. The summed E-state index contributed by atoms with van der Waals surface area (Å²) >= 11 is 5.40. The van der Waals surface area contributed by atoms with Crippen LogP contribution in [0.2, 0.25) is 0 Å². The summed E-state index contributed by atoms with van der Waals surface area (Å²) in [6, 6.07) is 12.7. The summed E-state index contributed by atoms with van der Waals surface area (Å²) < 4.78 is 0. The standard InChI is InChI=1S/C17H15N3S/c21-17-19-15(12-5-3-9-18-10-12)14-8-7-11-4-1-2-6-13(11)16(14)20-17/h1-6,9-10,15H,7-8H2,(H2,19,20,21). The van der Waals surface area contributed by atoms with Gasteiger partial charge in [-0.3, -0.25) is 4.98 Å². The first-order chi connectivity index (χ1) is 10.3. The first-order valence-electron chi connectivity index (χ1n) is 7.12. The van der Waals surface area contributed by atoms with Gasteiger partial charge in [-0.15, -0.1) is 0 Å². The molecular formula is C17H15N3S. The fraction of sp³-hybridized carbons (Fsp3) is 0.176. The average molecular weight is 293 g/mol. The van der Waals surface area contributed by atoms with Crippen LogP contribution in [0.4, 0.5) is 0 Å². The van der Waals surface area contributed by atoms with Crippen molar-refractivity contribution in [1.29, 1.82) is 0 Å². The van der Waals surface area contributed by atoms with E-state index in [0.29, 0.717) is 5.11 Å². The second kappa shape index (κ2) is 4.97. The summed E-state index contributed by atoms with van der Waals surface area (Å²) in [6.45, 7) is 0. The molecule has 0 bridgehead atoms. The molecule has 2 aliphatic rings. The average Bonchev–Trinajstić information content (AvgIpc) is 2.55. The van der Waals surface area contributed by atoms with E-state index in [1.165, 1.54) is 22.4 Å². The quantitative estimate of drug-likeness (QED) is 0.793. The molecule has 1 aliphatic carbocycles. The number of hydrogen-bond acceptors (Lipinski definition) is 2. The zero-order valence-corrected chi connectivity index (χ0v) is 12.3. The Balaban J connectivity index is 1.86. The summed E-state index contributed by atoms with van der Waals surface area (Å²) in [5, 5.41) is 7.42. The van der Waals surface area contributed by atoms with Gasteiger partial charge in [-0.2, -0.15) is 0 Å². The zero-order chi connectivity index (χ0) is 14.2. The molecule has 1 atom stereocenters. The van der Waals surface area contributed by atoms with Gasteiger partial charge in [-0.1, -0.05) is 30.3 Å². The molecule has 21 heavy (non-hydrogen) atoms. The number of pyridine rings is 1. The van der Waals surface area contributed by atoms with Crippen molar-refractivity contribution in [2.75, 3.05) is 0 Å². The van der Waals surface area contributed by atoms with Crippen molar-refractivity contribution in [1.82, 2.24) is 15.6 Å². The lowest BCUT2D eigenvalue weighted by atomic mass is 9.83. The van der Waals surface area contributed by atoms with E-state index in [0.717, 1.165) is 18.4 Å². The van der Waals surface area contributed by atoms with Crippen molar-refractivity contribution in [2.45, 2.75) is 18.9 Å². The number of benzene rings is 1. The minimum absolute atomic E-state index is 0.121. The molecule has 104 valence electrons. The van der Waals surface area contributed by atoms with E-state index < -0.39 is 0 Å². The Morgan fingerprint density at radius 3 is 2.86 bits per heavy atom. The van der Waals surface area contributed by atoms with Gasteiger partial charge in [-0.05, 0) is 47.8 Å². The Hall–Kier alpha value is -2.20. The first kappa shape index (κ1) is 12.5. The van der Waals surface area contributed by atoms with E-state index in [1.807, 2.05) is 12.3 Å². The molecule has 0 amide bonds. The number of nitrogens with zero attached hydrogens (tertiary/aromatic N) is 1. The number of fused-ring (bicyclic) bond motifs is 2. The summed E-state index contributed by atoms with van der Waals surface area (Å²) in [6.07, 6.45) is 5.82. The molecule has 2 heterocycles. The topological polar surface area (TPSA) is 37.0 Å². The number of hydrogen-bond donors (Lipinski definition) is 2. The van der Waals surface area contributed by atoms with Crippen LogP contribution in [0.3, 0.4) is 0 Å². The zero-order valence-electron chi connectivity index (χ0n) is 11.5. The Bertz CT molecular complexity index is 737. The molecule has 0 saturated carbocycles. The predicted molar refractivity (Wildman–Crippen MR) is 87.5 cm³/mol. The molecule has 0 fully saturated rings. The Labute approximate surface area is 129 Å². The van der Waals surface area contributed by atoms with Gasteiger partial charge in [-0.25, -0.2) is 0 Å². The van der Waals surface area contributed by atoms with Crippen LogP contribution in [0, 0.1) is 0 Å². The lowest BCUT2D eigenvalue weighted by Gasteiger charge is -2.35. The molecule has 0 spiro atoms. The molecule has 4 rings (SSSR count). The van der Waals surface area contributed by atoms with E-state index >= 15 is 0 Å². The lowest BCUT2D eigenvalue weighted by Crippen LogP contribution is -2.44. The third-order valence-corrected chi connectivity index (χ3v) is 4.37. The Kier molecular flexibility index (Phi) is 2.97. The second-order valence-electron chi connectivity index (χ2n) is 5.38. The van der Waals surface area contributed by atoms with Gasteiger partial charge in [0.05, 0.1) is 6.04 Å². The van der Waals surface area contributed by atoms with Crippen LogP contribution >= 0.6 is 12.2 Å². The molecule has 0 radical (unpaired) electrons. The molecule has 1 unspecified atom stereocenters. The molecule has 3 nitrogen and oxygen atoms in total. The molecule has 1 aromatic heterocycles. The number of rotatable bonds is 1. The van der Waals surface area contributed by atoms with E-state index in [9.17, 15) is 0 Å². The number of aryl methyl sites for hydroxylation is 1. The van der Waals surface area contributed by atoms with Crippen LogP contribution in [-0.2, 0) is 6.42 Å². The number of nitrogens with one attached hydrogen (secondary N) is 2. The van der Waals surface area contributed by atoms with Gasteiger partial charge in [0.25, 0.3) is 0 Å². The molecule has 1 aromatic carbocycles. The summed E-state index contributed by atoms with van der Waals surface area (Å²) in [4.78, 5) is 4.24. The first-order valence-corrected chi connectivity index (χ1v) is 7.52. The fourth-order valence-electron chi connectivity index (χ4n) is 3.18. The fourth-order valence-corrected chi connectivity index (χ4v) is 3.40. The smallest absolute Gasteiger partial charge is 0.171 e. The van der Waals surface area contributed by atoms with Gasteiger partial charge >= 0.3 is 0 Å². The maximum Gasteiger partial charge on any atom is 0.171 e. The van der Waals surface area contributed by atoms with Crippen molar-refractivity contribution in [3.05, 3.63) is 71.1 Å². The van der Waals surface area contributed by atoms with E-state index in [4.69, 9.17) is 12.2 Å². The monoisotopic (exact) mass is 293 g/mol. The highest BCUT2D eigenvalue weighted by Crippen LogP contribution is 2.38. The van der Waals surface area contributed by atoms with Crippen molar-refractivity contribution in [3.63, 3.8) is 0 Å². The van der Waals surface area contributed by atoms with Crippen molar-refractivity contribution in [3.8, 4) is 0 Å². The van der Waals surface area contributed by atoms with Crippen molar-refractivity contribution < 1.29 is 0 Å². The highest BCUT2D eigenvalue weighted by atomic mass is 32.1. The molecular weight excluding hydrogens is 278 g/mol. The second-order valence-corrected chi connectivity index (χ2v) is 5.78. The number of aromatic nitrogens is 1. The van der Waals surface area contributed by atoms with E-state index in [2.05, 4.69) is 45.9 Å². The third kappa shape index (κ3) is 2.12. The van der Waals surface area contributed by atoms with Crippen molar-refractivity contribution in [2.24, 2.45) is 0 Å². The van der Waals surface area contributed by atoms with Gasteiger partial charge in [0.1, 0.15) is 0 Å². The van der Waals surface area contributed by atoms with Crippen LogP contribution in [0.1, 0.15) is 29.2 Å². The van der Waals surface area contributed by atoms with Crippen LogP contribution in [0.5, 0.6) is 0 Å². The van der Waals surface area contributed by atoms with Crippen LogP contribution in [-0.4, -0.2) is 10.1 Å². The van der Waals surface area contributed by atoms with Gasteiger partial charge in [0, 0.05) is 23.7 Å². The minimum Gasteiger partial charge on any atom is -0.352 e. The van der Waals surface area contributed by atoms with Crippen LogP contribution in [0.25, 0.3) is 5.70 Å². The van der Waals surface area contributed by atoms with Crippen molar-refractivity contribution >= 4 is 23.0 Å².